The molecule has 14 heavy (non-hydrogen) atoms. The van der Waals surface area contributed by atoms with Crippen LogP contribution in [-0.4, -0.2) is 11.6 Å². The third-order valence-corrected chi connectivity index (χ3v) is 2.66. The van der Waals surface area contributed by atoms with E-state index in [1.807, 2.05) is 6.92 Å². The van der Waals surface area contributed by atoms with Crippen molar-refractivity contribution in [3.05, 3.63) is 12.2 Å². The van der Waals surface area contributed by atoms with Crippen LogP contribution in [0.25, 0.3) is 0 Å². The van der Waals surface area contributed by atoms with Crippen molar-refractivity contribution in [1.29, 1.82) is 0 Å². The fourth-order valence-corrected chi connectivity index (χ4v) is 1.72. The molecular formula is C12H20O2. The summed E-state index contributed by atoms with van der Waals surface area (Å²) in [6.07, 6.45) is 11.0. The Balaban J connectivity index is 2.08. The van der Waals surface area contributed by atoms with Crippen LogP contribution in [0.2, 0.25) is 0 Å². The number of hydrogen-bond acceptors (Lipinski definition) is 2. The number of allylic oxidation sites excluding steroid dienone is 2. The predicted octanol–water partition coefficient (Wildman–Crippen LogP) is 3.22. The lowest BCUT2D eigenvalue weighted by atomic mass is 10.1. The smallest absolute Gasteiger partial charge is 0.303 e. The van der Waals surface area contributed by atoms with Crippen LogP contribution in [-0.2, 0) is 9.53 Å². The molecule has 0 N–H and O–H groups in total. The van der Waals surface area contributed by atoms with Gasteiger partial charge in [-0.2, -0.15) is 0 Å². The molecule has 0 atom stereocenters. The maximum absolute atomic E-state index is 10.8. The fourth-order valence-electron chi connectivity index (χ4n) is 1.72. The number of carbonyl (C=O) groups excluding carboxylic acids is 1. The third-order valence-electron chi connectivity index (χ3n) is 2.66. The van der Waals surface area contributed by atoms with Gasteiger partial charge in [-0.15, -0.1) is 0 Å². The number of carbonyl (C=O) groups is 1. The highest BCUT2D eigenvalue weighted by Gasteiger charge is 2.45. The molecule has 0 bridgehead atoms. The number of rotatable bonds is 6. The Morgan fingerprint density at radius 2 is 2.14 bits per heavy atom. The van der Waals surface area contributed by atoms with E-state index >= 15 is 0 Å². The van der Waals surface area contributed by atoms with E-state index in [9.17, 15) is 4.79 Å². The van der Waals surface area contributed by atoms with Crippen LogP contribution in [0.5, 0.6) is 0 Å². The summed E-state index contributed by atoms with van der Waals surface area (Å²) in [5, 5.41) is 0. The van der Waals surface area contributed by atoms with E-state index in [0.29, 0.717) is 0 Å². The molecule has 0 amide bonds. The Kier molecular flexibility index (Phi) is 4.18. The van der Waals surface area contributed by atoms with Gasteiger partial charge in [-0.25, -0.2) is 0 Å². The highest BCUT2D eigenvalue weighted by molar-refractivity contribution is 5.66. The molecule has 2 nitrogen and oxygen atoms in total. The molecule has 1 aliphatic rings. The maximum Gasteiger partial charge on any atom is 0.303 e. The SMILES string of the molecule is CC=CCCCCC1(OC(C)=O)CC1. The summed E-state index contributed by atoms with van der Waals surface area (Å²) in [5.74, 6) is -0.129. The van der Waals surface area contributed by atoms with Gasteiger partial charge in [-0.1, -0.05) is 12.2 Å². The summed E-state index contributed by atoms with van der Waals surface area (Å²) >= 11 is 0. The lowest BCUT2D eigenvalue weighted by Gasteiger charge is -2.14. The van der Waals surface area contributed by atoms with Gasteiger partial charge in [0.25, 0.3) is 0 Å². The second-order valence-corrected chi connectivity index (χ2v) is 4.09. The highest BCUT2D eigenvalue weighted by Crippen LogP contribution is 2.44. The van der Waals surface area contributed by atoms with Crippen molar-refractivity contribution in [2.75, 3.05) is 0 Å². The van der Waals surface area contributed by atoms with Gasteiger partial charge in [0.1, 0.15) is 5.60 Å². The zero-order valence-electron chi connectivity index (χ0n) is 9.21. The second-order valence-electron chi connectivity index (χ2n) is 4.09. The lowest BCUT2D eigenvalue weighted by molar-refractivity contribution is -0.148. The van der Waals surface area contributed by atoms with Crippen LogP contribution in [0.3, 0.4) is 0 Å². The Hall–Kier alpha value is -0.790. The van der Waals surface area contributed by atoms with Gasteiger partial charge >= 0.3 is 5.97 Å². The van der Waals surface area contributed by atoms with Crippen molar-refractivity contribution in [3.63, 3.8) is 0 Å². The van der Waals surface area contributed by atoms with Crippen molar-refractivity contribution in [3.8, 4) is 0 Å². The van der Waals surface area contributed by atoms with Gasteiger partial charge in [0.15, 0.2) is 0 Å². The molecule has 0 unspecified atom stereocenters. The fraction of sp³-hybridized carbons (Fsp3) is 0.750. The second kappa shape index (κ2) is 5.18. The Bertz CT molecular complexity index is 214. The van der Waals surface area contributed by atoms with Crippen LogP contribution in [0.15, 0.2) is 12.2 Å². The quantitative estimate of drug-likeness (QED) is 0.370. The first-order valence-electron chi connectivity index (χ1n) is 5.49. The summed E-state index contributed by atoms with van der Waals surface area (Å²) < 4.78 is 5.30. The van der Waals surface area contributed by atoms with Gasteiger partial charge in [0.05, 0.1) is 0 Å². The molecule has 0 aromatic carbocycles. The molecule has 0 aromatic heterocycles. The zero-order valence-corrected chi connectivity index (χ0v) is 9.21. The van der Waals surface area contributed by atoms with E-state index in [0.717, 1.165) is 32.1 Å². The molecule has 1 aliphatic carbocycles. The normalized spacial score (nSPS) is 18.4. The molecule has 0 aliphatic heterocycles. The van der Waals surface area contributed by atoms with E-state index in [4.69, 9.17) is 4.74 Å². The molecule has 0 radical (unpaired) electrons. The standard InChI is InChI=1S/C12H20O2/c1-3-4-5-6-7-8-12(9-10-12)14-11(2)13/h3-4H,5-10H2,1-2H3. The number of hydrogen-bond donors (Lipinski definition) is 0. The van der Waals surface area contributed by atoms with Gasteiger partial charge in [0.2, 0.25) is 0 Å². The first-order chi connectivity index (χ1) is 6.68. The molecule has 1 fully saturated rings. The van der Waals surface area contributed by atoms with E-state index in [-0.39, 0.29) is 11.6 Å². The van der Waals surface area contributed by atoms with E-state index in [1.54, 1.807) is 0 Å². The van der Waals surface area contributed by atoms with Gasteiger partial charge in [-0.05, 0) is 45.4 Å². The molecule has 0 aromatic rings. The Labute approximate surface area is 86.3 Å². The number of ether oxygens (including phenoxy) is 1. The Morgan fingerprint density at radius 1 is 1.43 bits per heavy atom. The summed E-state index contributed by atoms with van der Waals surface area (Å²) in [6.45, 7) is 3.54. The first-order valence-corrected chi connectivity index (χ1v) is 5.49. The van der Waals surface area contributed by atoms with Gasteiger partial charge < -0.3 is 4.74 Å². The molecule has 0 spiro atoms. The number of unbranched alkanes of at least 4 members (excludes halogenated alkanes) is 2. The summed E-state index contributed by atoms with van der Waals surface area (Å²) in [5.41, 5.74) is -0.0538. The van der Waals surface area contributed by atoms with Crippen LogP contribution >= 0.6 is 0 Å². The summed E-state index contributed by atoms with van der Waals surface area (Å²) in [4.78, 5) is 10.8. The summed E-state index contributed by atoms with van der Waals surface area (Å²) in [6, 6.07) is 0. The van der Waals surface area contributed by atoms with Crippen molar-refractivity contribution >= 4 is 5.97 Å². The molecule has 2 heteroatoms. The first kappa shape index (κ1) is 11.3. The van der Waals surface area contributed by atoms with Crippen LogP contribution in [0.4, 0.5) is 0 Å². The average Bonchev–Trinajstić information content (AvgIpc) is 2.84. The van der Waals surface area contributed by atoms with E-state index in [1.165, 1.54) is 13.3 Å². The Morgan fingerprint density at radius 3 is 2.64 bits per heavy atom. The van der Waals surface area contributed by atoms with Gasteiger partial charge in [0, 0.05) is 6.92 Å². The minimum Gasteiger partial charge on any atom is -0.459 e. The van der Waals surface area contributed by atoms with E-state index < -0.39 is 0 Å². The number of esters is 1. The van der Waals surface area contributed by atoms with E-state index in [2.05, 4.69) is 12.2 Å². The van der Waals surface area contributed by atoms with Gasteiger partial charge in [-0.3, -0.25) is 4.79 Å². The zero-order chi connectivity index (χ0) is 10.4. The average molecular weight is 196 g/mol. The third kappa shape index (κ3) is 3.95. The molecule has 0 saturated heterocycles. The molecule has 1 rings (SSSR count). The topological polar surface area (TPSA) is 26.3 Å². The molecule has 0 heterocycles. The lowest BCUT2D eigenvalue weighted by Crippen LogP contribution is -2.17. The highest BCUT2D eigenvalue weighted by atomic mass is 16.6. The predicted molar refractivity (Wildman–Crippen MR) is 57.0 cm³/mol. The monoisotopic (exact) mass is 196 g/mol. The van der Waals surface area contributed by atoms with Crippen molar-refractivity contribution < 1.29 is 9.53 Å². The van der Waals surface area contributed by atoms with Crippen LogP contribution in [0, 0.1) is 0 Å². The minimum atomic E-state index is -0.129. The molecule has 80 valence electrons. The largest absolute Gasteiger partial charge is 0.459 e. The summed E-state index contributed by atoms with van der Waals surface area (Å²) in [7, 11) is 0. The molecule has 1 saturated carbocycles. The van der Waals surface area contributed by atoms with Crippen molar-refractivity contribution in [1.82, 2.24) is 0 Å². The van der Waals surface area contributed by atoms with Crippen LogP contribution < -0.4 is 0 Å². The van der Waals surface area contributed by atoms with Crippen molar-refractivity contribution in [2.45, 2.75) is 58.0 Å². The minimum absolute atomic E-state index is 0.0538. The van der Waals surface area contributed by atoms with Crippen molar-refractivity contribution in [2.24, 2.45) is 0 Å². The van der Waals surface area contributed by atoms with Crippen LogP contribution in [0.1, 0.15) is 52.4 Å². The maximum atomic E-state index is 10.8. The molecular weight excluding hydrogens is 176 g/mol.